The lowest BCUT2D eigenvalue weighted by atomic mass is 10.1. The van der Waals surface area contributed by atoms with Gasteiger partial charge in [0.1, 0.15) is 6.07 Å². The van der Waals surface area contributed by atoms with E-state index in [0.717, 1.165) is 14.6 Å². The number of nitriles is 1. The molecular weight excluding hydrogens is 270 g/mol. The van der Waals surface area contributed by atoms with Crippen LogP contribution < -0.4 is 0 Å². The van der Waals surface area contributed by atoms with Gasteiger partial charge in [-0.15, -0.1) is 11.3 Å². The molecule has 1 aromatic heterocycles. The highest BCUT2D eigenvalue weighted by atomic mass is 79.9. The third-order valence-corrected chi connectivity index (χ3v) is 3.89. The summed E-state index contributed by atoms with van der Waals surface area (Å²) in [4.78, 5) is 0. The van der Waals surface area contributed by atoms with E-state index in [1.54, 1.807) is 17.4 Å². The number of rotatable bonds is 0. The lowest BCUT2D eigenvalue weighted by Gasteiger charge is -1.99. The molecule has 0 aliphatic rings. The van der Waals surface area contributed by atoms with Crippen molar-refractivity contribution in [3.05, 3.63) is 32.6 Å². The molecule has 1 heterocycles. The fourth-order valence-corrected chi connectivity index (χ4v) is 3.10. The van der Waals surface area contributed by atoms with Crippen LogP contribution in [0.4, 0.5) is 0 Å². The molecule has 1 aromatic carbocycles. The monoisotopic (exact) mass is 271 g/mol. The van der Waals surface area contributed by atoms with E-state index < -0.39 is 0 Å². The maximum atomic E-state index is 8.88. The summed E-state index contributed by atoms with van der Waals surface area (Å²) in [5.74, 6) is 0. The average molecular weight is 273 g/mol. The maximum absolute atomic E-state index is 8.88. The van der Waals surface area contributed by atoms with Gasteiger partial charge in [0.2, 0.25) is 0 Å². The largest absolute Gasteiger partial charge is 0.192 e. The highest BCUT2D eigenvalue weighted by molar-refractivity contribution is 9.10. The third kappa shape index (κ3) is 1.35. The molecule has 0 saturated heterocycles. The number of benzene rings is 1. The fraction of sp³-hybridized carbons (Fsp3) is 0. The topological polar surface area (TPSA) is 23.8 Å². The number of hydrogen-bond donors (Lipinski definition) is 0. The second-order valence-corrected chi connectivity index (χ2v) is 4.67. The Morgan fingerprint density at radius 2 is 2.31 bits per heavy atom. The van der Waals surface area contributed by atoms with Crippen LogP contribution in [-0.2, 0) is 0 Å². The first kappa shape index (κ1) is 9.01. The zero-order chi connectivity index (χ0) is 9.42. The summed E-state index contributed by atoms with van der Waals surface area (Å²) in [7, 11) is 0. The lowest BCUT2D eigenvalue weighted by Crippen LogP contribution is -1.78. The van der Waals surface area contributed by atoms with E-state index in [1.165, 1.54) is 0 Å². The highest BCUT2D eigenvalue weighted by Gasteiger charge is 2.09. The zero-order valence-corrected chi connectivity index (χ0v) is 9.50. The smallest absolute Gasteiger partial charge is 0.101 e. The zero-order valence-electron chi connectivity index (χ0n) is 6.34. The van der Waals surface area contributed by atoms with Crippen molar-refractivity contribution in [1.29, 1.82) is 5.26 Å². The Hall–Kier alpha value is -0.560. The van der Waals surface area contributed by atoms with Crippen LogP contribution in [0.25, 0.3) is 10.1 Å². The maximum Gasteiger partial charge on any atom is 0.101 e. The van der Waals surface area contributed by atoms with Gasteiger partial charge in [0.15, 0.2) is 0 Å². The molecule has 64 valence electrons. The molecule has 0 fully saturated rings. The van der Waals surface area contributed by atoms with Crippen LogP contribution in [0.1, 0.15) is 5.56 Å². The second kappa shape index (κ2) is 3.30. The summed E-state index contributed by atoms with van der Waals surface area (Å²) >= 11 is 10.9. The van der Waals surface area contributed by atoms with Gasteiger partial charge in [0, 0.05) is 14.6 Å². The normalized spacial score (nSPS) is 10.2. The Morgan fingerprint density at radius 1 is 1.54 bits per heavy atom. The van der Waals surface area contributed by atoms with Gasteiger partial charge in [-0.05, 0) is 33.4 Å². The Balaban J connectivity index is 2.99. The summed E-state index contributed by atoms with van der Waals surface area (Å²) in [6.07, 6.45) is 0. The molecule has 2 aromatic rings. The third-order valence-electron chi connectivity index (χ3n) is 1.76. The minimum Gasteiger partial charge on any atom is -0.192 e. The van der Waals surface area contributed by atoms with Crippen LogP contribution in [0.5, 0.6) is 0 Å². The van der Waals surface area contributed by atoms with Gasteiger partial charge in [-0.2, -0.15) is 5.26 Å². The van der Waals surface area contributed by atoms with Gasteiger partial charge in [-0.1, -0.05) is 11.6 Å². The van der Waals surface area contributed by atoms with Gasteiger partial charge in [-0.3, -0.25) is 0 Å². The Morgan fingerprint density at radius 3 is 3.00 bits per heavy atom. The Labute approximate surface area is 92.7 Å². The highest BCUT2D eigenvalue weighted by Crippen LogP contribution is 2.35. The second-order valence-electron chi connectivity index (χ2n) is 2.49. The Kier molecular flexibility index (Phi) is 2.29. The summed E-state index contributed by atoms with van der Waals surface area (Å²) in [6.45, 7) is 0. The van der Waals surface area contributed by atoms with Crippen LogP contribution >= 0.6 is 38.9 Å². The number of thiophene rings is 1. The standard InChI is InChI=1S/C9H3BrClNS/c10-7-3-8(11)6(4-12)5-1-2-13-9(5)7/h1-3H. The Bertz CT molecular complexity index is 512. The molecule has 0 unspecified atom stereocenters. The lowest BCUT2D eigenvalue weighted by molar-refractivity contribution is 1.50. The molecular formula is C9H3BrClNS. The SMILES string of the molecule is N#Cc1c(Cl)cc(Br)c2sccc12. The van der Waals surface area contributed by atoms with Gasteiger partial charge in [-0.25, -0.2) is 0 Å². The van der Waals surface area contributed by atoms with E-state index in [0.29, 0.717) is 10.6 Å². The minimum atomic E-state index is 0.500. The molecule has 0 radical (unpaired) electrons. The molecule has 0 spiro atoms. The van der Waals surface area contributed by atoms with Gasteiger partial charge in [0.25, 0.3) is 0 Å². The van der Waals surface area contributed by atoms with Crippen molar-refractivity contribution < 1.29 is 0 Å². The molecule has 13 heavy (non-hydrogen) atoms. The first-order chi connectivity index (χ1) is 6.24. The van der Waals surface area contributed by atoms with E-state index in [-0.39, 0.29) is 0 Å². The predicted molar refractivity (Wildman–Crippen MR) is 59.3 cm³/mol. The van der Waals surface area contributed by atoms with Crippen molar-refractivity contribution in [3.63, 3.8) is 0 Å². The van der Waals surface area contributed by atoms with E-state index in [2.05, 4.69) is 22.0 Å². The van der Waals surface area contributed by atoms with Gasteiger partial charge >= 0.3 is 0 Å². The number of halogens is 2. The van der Waals surface area contributed by atoms with Crippen LogP contribution in [0.15, 0.2) is 22.0 Å². The van der Waals surface area contributed by atoms with Crippen LogP contribution in [0.2, 0.25) is 5.02 Å². The van der Waals surface area contributed by atoms with Gasteiger partial charge in [0.05, 0.1) is 10.6 Å². The first-order valence-electron chi connectivity index (χ1n) is 3.49. The van der Waals surface area contributed by atoms with Crippen molar-refractivity contribution in [1.82, 2.24) is 0 Å². The molecule has 0 saturated carbocycles. The van der Waals surface area contributed by atoms with Crippen molar-refractivity contribution in [3.8, 4) is 6.07 Å². The number of nitrogens with zero attached hydrogens (tertiary/aromatic N) is 1. The van der Waals surface area contributed by atoms with Crippen LogP contribution in [0.3, 0.4) is 0 Å². The molecule has 0 amide bonds. The minimum absolute atomic E-state index is 0.500. The summed E-state index contributed by atoms with van der Waals surface area (Å²) in [5.41, 5.74) is 0.557. The number of hydrogen-bond acceptors (Lipinski definition) is 2. The van der Waals surface area contributed by atoms with Crippen LogP contribution in [-0.4, -0.2) is 0 Å². The molecule has 0 aliphatic carbocycles. The first-order valence-corrected chi connectivity index (χ1v) is 5.54. The van der Waals surface area contributed by atoms with Crippen molar-refractivity contribution in [2.45, 2.75) is 0 Å². The van der Waals surface area contributed by atoms with Gasteiger partial charge < -0.3 is 0 Å². The van der Waals surface area contributed by atoms with Crippen LogP contribution in [0, 0.1) is 11.3 Å². The van der Waals surface area contributed by atoms with Crippen molar-refractivity contribution >= 4 is 49.0 Å². The molecule has 4 heteroatoms. The van der Waals surface area contributed by atoms with E-state index in [4.69, 9.17) is 16.9 Å². The van der Waals surface area contributed by atoms with E-state index in [9.17, 15) is 0 Å². The molecule has 2 rings (SSSR count). The summed E-state index contributed by atoms with van der Waals surface area (Å²) in [6, 6.07) is 5.78. The van der Waals surface area contributed by atoms with Crippen molar-refractivity contribution in [2.75, 3.05) is 0 Å². The quantitative estimate of drug-likeness (QED) is 0.705. The van der Waals surface area contributed by atoms with E-state index >= 15 is 0 Å². The van der Waals surface area contributed by atoms with E-state index in [1.807, 2.05) is 11.4 Å². The molecule has 0 bridgehead atoms. The molecule has 0 N–H and O–H groups in total. The summed E-state index contributed by atoms with van der Waals surface area (Å²) in [5, 5.41) is 12.3. The predicted octanol–water partition coefficient (Wildman–Crippen LogP) is 4.19. The molecule has 0 atom stereocenters. The number of fused-ring (bicyclic) bond motifs is 1. The fourth-order valence-electron chi connectivity index (χ4n) is 1.18. The summed E-state index contributed by atoms with van der Waals surface area (Å²) < 4.78 is 2.02. The molecule has 0 aliphatic heterocycles. The van der Waals surface area contributed by atoms with Crippen molar-refractivity contribution in [2.24, 2.45) is 0 Å². The molecule has 1 nitrogen and oxygen atoms in total. The average Bonchev–Trinajstić information content (AvgIpc) is 2.53.